The molecule has 0 aromatic heterocycles. The van der Waals surface area contributed by atoms with Crippen molar-refractivity contribution in [3.05, 3.63) is 30.1 Å². The van der Waals surface area contributed by atoms with Crippen LogP contribution in [0.15, 0.2) is 29.3 Å². The highest BCUT2D eigenvalue weighted by molar-refractivity contribution is 14.0. The molecule has 0 amide bonds. The largest absolute Gasteiger partial charge is 0.492 e. The van der Waals surface area contributed by atoms with E-state index in [-0.39, 0.29) is 29.8 Å². The van der Waals surface area contributed by atoms with Gasteiger partial charge in [0.05, 0.1) is 6.54 Å². The van der Waals surface area contributed by atoms with Crippen molar-refractivity contribution in [1.82, 2.24) is 10.6 Å². The number of hydrogen-bond acceptors (Lipinski definition) is 3. The molecule has 0 aliphatic carbocycles. The maximum Gasteiger partial charge on any atom is 0.191 e. The molecular formula is C15H25FIN3O2. The molecule has 0 saturated carbocycles. The Morgan fingerprint density at radius 2 is 2.09 bits per heavy atom. The lowest BCUT2D eigenvalue weighted by Gasteiger charge is -2.12. The third kappa shape index (κ3) is 9.78. The highest BCUT2D eigenvalue weighted by atomic mass is 127. The summed E-state index contributed by atoms with van der Waals surface area (Å²) in [7, 11) is 1.68. The lowest BCUT2D eigenvalue weighted by molar-refractivity contribution is 0.197. The molecule has 7 heteroatoms. The van der Waals surface area contributed by atoms with Gasteiger partial charge in [0.2, 0.25) is 0 Å². The number of guanidine groups is 1. The molecule has 126 valence electrons. The second-order valence-corrected chi connectivity index (χ2v) is 4.34. The first kappa shape index (κ1) is 20.9. The van der Waals surface area contributed by atoms with E-state index in [4.69, 9.17) is 9.47 Å². The lowest BCUT2D eigenvalue weighted by Crippen LogP contribution is -2.39. The minimum Gasteiger partial charge on any atom is -0.492 e. The number of rotatable bonds is 9. The summed E-state index contributed by atoms with van der Waals surface area (Å²) in [5.74, 6) is 0.976. The first-order chi connectivity index (χ1) is 10.3. The predicted molar refractivity (Wildman–Crippen MR) is 97.8 cm³/mol. The molecule has 1 aromatic rings. The van der Waals surface area contributed by atoms with Gasteiger partial charge < -0.3 is 20.1 Å². The van der Waals surface area contributed by atoms with Gasteiger partial charge in [0.1, 0.15) is 18.2 Å². The summed E-state index contributed by atoms with van der Waals surface area (Å²) in [6.07, 6.45) is 0.882. The molecular weight excluding hydrogens is 400 g/mol. The molecule has 0 fully saturated rings. The molecule has 22 heavy (non-hydrogen) atoms. The molecule has 0 heterocycles. The Kier molecular flexibility index (Phi) is 12.9. The SMILES string of the molecule is CCNC(=NCCCOC)NCCOc1cccc(F)c1.I. The molecule has 0 aliphatic rings. The van der Waals surface area contributed by atoms with E-state index in [0.717, 1.165) is 18.9 Å². The average Bonchev–Trinajstić information content (AvgIpc) is 2.48. The van der Waals surface area contributed by atoms with Crippen molar-refractivity contribution in [3.8, 4) is 5.75 Å². The molecule has 0 radical (unpaired) electrons. The van der Waals surface area contributed by atoms with Crippen LogP contribution in [0.1, 0.15) is 13.3 Å². The number of halogens is 2. The van der Waals surface area contributed by atoms with Crippen LogP contribution in [0.2, 0.25) is 0 Å². The van der Waals surface area contributed by atoms with E-state index in [1.165, 1.54) is 12.1 Å². The van der Waals surface area contributed by atoms with Gasteiger partial charge in [0, 0.05) is 32.9 Å². The van der Waals surface area contributed by atoms with Crippen LogP contribution in [0.3, 0.4) is 0 Å². The molecule has 2 N–H and O–H groups in total. The van der Waals surface area contributed by atoms with E-state index in [0.29, 0.717) is 32.1 Å². The Morgan fingerprint density at radius 3 is 2.77 bits per heavy atom. The Bertz CT molecular complexity index is 433. The van der Waals surface area contributed by atoms with Gasteiger partial charge in [0.15, 0.2) is 5.96 Å². The molecule has 1 rings (SSSR count). The van der Waals surface area contributed by atoms with Crippen LogP contribution < -0.4 is 15.4 Å². The van der Waals surface area contributed by atoms with Crippen LogP contribution in [0.4, 0.5) is 4.39 Å². The first-order valence-electron chi connectivity index (χ1n) is 7.15. The van der Waals surface area contributed by atoms with Gasteiger partial charge in [-0.1, -0.05) is 6.07 Å². The fourth-order valence-corrected chi connectivity index (χ4v) is 1.64. The van der Waals surface area contributed by atoms with Crippen LogP contribution >= 0.6 is 24.0 Å². The third-order valence-electron chi connectivity index (χ3n) is 2.58. The summed E-state index contributed by atoms with van der Waals surface area (Å²) in [5.41, 5.74) is 0. The van der Waals surface area contributed by atoms with Crippen LogP contribution in [-0.4, -0.2) is 45.9 Å². The van der Waals surface area contributed by atoms with Gasteiger partial charge in [-0.2, -0.15) is 0 Å². The van der Waals surface area contributed by atoms with Crippen LogP contribution in [-0.2, 0) is 4.74 Å². The van der Waals surface area contributed by atoms with Gasteiger partial charge in [-0.05, 0) is 25.5 Å². The summed E-state index contributed by atoms with van der Waals surface area (Å²) >= 11 is 0. The quantitative estimate of drug-likeness (QED) is 0.276. The maximum absolute atomic E-state index is 13.0. The molecule has 5 nitrogen and oxygen atoms in total. The standard InChI is InChI=1S/C15H24FN3O2.HI/c1-3-17-15(18-8-5-10-20-2)19-9-11-21-14-7-4-6-13(16)12-14;/h4,6-7,12H,3,5,8-11H2,1-2H3,(H2,17,18,19);1H. The Hall–Kier alpha value is -1.09. The average molecular weight is 425 g/mol. The normalized spacial score (nSPS) is 10.8. The number of benzene rings is 1. The van der Waals surface area contributed by atoms with Crippen molar-refractivity contribution >= 4 is 29.9 Å². The lowest BCUT2D eigenvalue weighted by atomic mass is 10.3. The highest BCUT2D eigenvalue weighted by Crippen LogP contribution is 2.11. The van der Waals surface area contributed by atoms with Crippen molar-refractivity contribution in [2.24, 2.45) is 4.99 Å². The number of methoxy groups -OCH3 is 1. The van der Waals surface area contributed by atoms with E-state index >= 15 is 0 Å². The van der Waals surface area contributed by atoms with Crippen LogP contribution in [0.25, 0.3) is 0 Å². The zero-order valence-electron chi connectivity index (χ0n) is 13.1. The monoisotopic (exact) mass is 425 g/mol. The smallest absolute Gasteiger partial charge is 0.191 e. The minimum atomic E-state index is -0.298. The minimum absolute atomic E-state index is 0. The first-order valence-corrected chi connectivity index (χ1v) is 7.15. The van der Waals surface area contributed by atoms with E-state index in [1.807, 2.05) is 6.92 Å². The van der Waals surface area contributed by atoms with E-state index in [1.54, 1.807) is 19.2 Å². The van der Waals surface area contributed by atoms with E-state index < -0.39 is 0 Å². The molecule has 0 bridgehead atoms. The maximum atomic E-state index is 13.0. The van der Waals surface area contributed by atoms with Crippen LogP contribution in [0, 0.1) is 5.82 Å². The summed E-state index contributed by atoms with van der Waals surface area (Å²) in [6.45, 7) is 5.23. The Labute approximate surface area is 148 Å². The Balaban J connectivity index is 0.00000441. The molecule has 0 spiro atoms. The number of ether oxygens (including phenoxy) is 2. The van der Waals surface area contributed by atoms with E-state index in [2.05, 4.69) is 15.6 Å². The van der Waals surface area contributed by atoms with E-state index in [9.17, 15) is 4.39 Å². The van der Waals surface area contributed by atoms with Crippen molar-refractivity contribution in [1.29, 1.82) is 0 Å². The third-order valence-corrected chi connectivity index (χ3v) is 2.58. The summed E-state index contributed by atoms with van der Waals surface area (Å²) < 4.78 is 23.4. The van der Waals surface area contributed by atoms with Crippen LogP contribution in [0.5, 0.6) is 5.75 Å². The van der Waals surface area contributed by atoms with Gasteiger partial charge in [-0.3, -0.25) is 4.99 Å². The van der Waals surface area contributed by atoms with Gasteiger partial charge in [-0.15, -0.1) is 24.0 Å². The van der Waals surface area contributed by atoms with Gasteiger partial charge in [-0.25, -0.2) is 4.39 Å². The Morgan fingerprint density at radius 1 is 1.27 bits per heavy atom. The molecule has 1 aromatic carbocycles. The van der Waals surface area contributed by atoms with Crippen molar-refractivity contribution in [2.45, 2.75) is 13.3 Å². The fourth-order valence-electron chi connectivity index (χ4n) is 1.64. The highest BCUT2D eigenvalue weighted by Gasteiger charge is 1.98. The zero-order valence-corrected chi connectivity index (χ0v) is 15.4. The zero-order chi connectivity index (χ0) is 15.3. The van der Waals surface area contributed by atoms with Crippen molar-refractivity contribution in [2.75, 3.05) is 40.0 Å². The van der Waals surface area contributed by atoms with Crippen molar-refractivity contribution < 1.29 is 13.9 Å². The van der Waals surface area contributed by atoms with Gasteiger partial charge >= 0.3 is 0 Å². The number of nitrogens with zero attached hydrogens (tertiary/aromatic N) is 1. The number of nitrogens with one attached hydrogen (secondary N) is 2. The summed E-state index contributed by atoms with van der Waals surface area (Å²) in [4.78, 5) is 4.41. The predicted octanol–water partition coefficient (Wildman–Crippen LogP) is 2.41. The second kappa shape index (κ2) is 13.6. The molecule has 0 atom stereocenters. The summed E-state index contributed by atoms with van der Waals surface area (Å²) in [5, 5.41) is 6.31. The molecule has 0 unspecified atom stereocenters. The fraction of sp³-hybridized carbons (Fsp3) is 0.533. The topological polar surface area (TPSA) is 54.9 Å². The molecule has 0 saturated heterocycles. The number of aliphatic imine (C=N–C) groups is 1. The second-order valence-electron chi connectivity index (χ2n) is 4.34. The number of hydrogen-bond donors (Lipinski definition) is 2. The molecule has 0 aliphatic heterocycles. The summed E-state index contributed by atoms with van der Waals surface area (Å²) in [6, 6.07) is 6.11. The van der Waals surface area contributed by atoms with Gasteiger partial charge in [0.25, 0.3) is 0 Å². The van der Waals surface area contributed by atoms with Crippen molar-refractivity contribution in [3.63, 3.8) is 0 Å².